The van der Waals surface area contributed by atoms with Crippen LogP contribution in [0.5, 0.6) is 0 Å². The molecule has 0 radical (unpaired) electrons. The minimum atomic E-state index is 0.222. The Labute approximate surface area is 84.7 Å². The van der Waals surface area contributed by atoms with Crippen molar-refractivity contribution in [2.45, 2.75) is 25.8 Å². The number of unbranched alkanes of at least 4 members (excludes halogenated alkanes) is 1. The second-order valence-corrected chi connectivity index (χ2v) is 3.28. The average Bonchev–Trinajstić information content (AvgIpc) is 2.59. The Morgan fingerprint density at radius 1 is 1.71 bits per heavy atom. The van der Waals surface area contributed by atoms with Crippen LogP contribution in [-0.2, 0) is 7.05 Å². The van der Waals surface area contributed by atoms with Crippen LogP contribution in [0.1, 0.15) is 31.6 Å². The molecular weight excluding hydrogens is 176 g/mol. The molecule has 0 aliphatic carbocycles. The summed E-state index contributed by atoms with van der Waals surface area (Å²) in [5.41, 5.74) is 0. The van der Waals surface area contributed by atoms with E-state index in [9.17, 15) is 0 Å². The van der Waals surface area contributed by atoms with E-state index in [0.29, 0.717) is 0 Å². The monoisotopic (exact) mass is 192 g/mol. The average molecular weight is 192 g/mol. The van der Waals surface area contributed by atoms with Gasteiger partial charge in [-0.05, 0) is 19.9 Å². The van der Waals surface area contributed by atoms with E-state index < -0.39 is 0 Å². The van der Waals surface area contributed by atoms with E-state index in [1.165, 1.54) is 0 Å². The van der Waals surface area contributed by atoms with Gasteiger partial charge in [0.2, 0.25) is 0 Å². The van der Waals surface area contributed by atoms with Crippen LogP contribution in [0, 0.1) is 12.3 Å². The number of hydrogen-bond acceptors (Lipinski definition) is 3. The van der Waals surface area contributed by atoms with Gasteiger partial charge < -0.3 is 9.88 Å². The molecule has 0 fully saturated rings. The summed E-state index contributed by atoms with van der Waals surface area (Å²) in [7, 11) is 1.94. The molecule has 4 heteroatoms. The summed E-state index contributed by atoms with van der Waals surface area (Å²) in [5.74, 6) is 3.56. The fraction of sp³-hybridized carbons (Fsp3) is 0.600. The summed E-state index contributed by atoms with van der Waals surface area (Å²) in [4.78, 5) is 0. The molecule has 0 aliphatic heterocycles. The van der Waals surface area contributed by atoms with Gasteiger partial charge in [0.05, 0.1) is 6.04 Å². The highest BCUT2D eigenvalue weighted by Gasteiger charge is 2.09. The van der Waals surface area contributed by atoms with Crippen molar-refractivity contribution in [3.8, 4) is 12.3 Å². The number of aromatic nitrogens is 3. The second-order valence-electron chi connectivity index (χ2n) is 3.28. The number of nitrogens with zero attached hydrogens (tertiary/aromatic N) is 3. The largest absolute Gasteiger partial charge is 0.319 e. The standard InChI is InChI=1S/C10H16N4/c1-4-5-6-7-11-9(2)10-13-12-8-14(10)3/h1,8-9,11H,5-7H2,2-3H3. The van der Waals surface area contributed by atoms with Gasteiger partial charge in [-0.1, -0.05) is 0 Å². The molecule has 0 saturated carbocycles. The number of rotatable bonds is 5. The summed E-state index contributed by atoms with van der Waals surface area (Å²) < 4.78 is 1.92. The van der Waals surface area contributed by atoms with Crippen molar-refractivity contribution in [1.29, 1.82) is 0 Å². The van der Waals surface area contributed by atoms with Gasteiger partial charge >= 0.3 is 0 Å². The first-order valence-corrected chi connectivity index (χ1v) is 4.76. The van der Waals surface area contributed by atoms with Gasteiger partial charge in [-0.3, -0.25) is 0 Å². The van der Waals surface area contributed by atoms with Crippen LogP contribution < -0.4 is 5.32 Å². The van der Waals surface area contributed by atoms with E-state index in [0.717, 1.165) is 25.2 Å². The summed E-state index contributed by atoms with van der Waals surface area (Å²) in [5, 5.41) is 11.2. The zero-order valence-electron chi connectivity index (χ0n) is 8.70. The molecule has 1 unspecified atom stereocenters. The third-order valence-corrected chi connectivity index (χ3v) is 2.08. The van der Waals surface area contributed by atoms with Crippen molar-refractivity contribution >= 4 is 0 Å². The highest BCUT2D eigenvalue weighted by Crippen LogP contribution is 2.06. The topological polar surface area (TPSA) is 42.7 Å². The third-order valence-electron chi connectivity index (χ3n) is 2.08. The molecule has 4 nitrogen and oxygen atoms in total. The normalized spacial score (nSPS) is 12.4. The summed E-state index contributed by atoms with van der Waals surface area (Å²) in [6.07, 6.45) is 8.68. The number of terminal acetylenes is 1. The van der Waals surface area contributed by atoms with Gasteiger partial charge in [0.15, 0.2) is 0 Å². The fourth-order valence-corrected chi connectivity index (χ4v) is 1.28. The first-order valence-electron chi connectivity index (χ1n) is 4.76. The van der Waals surface area contributed by atoms with Crippen molar-refractivity contribution in [2.24, 2.45) is 7.05 Å². The molecule has 1 atom stereocenters. The molecule has 76 valence electrons. The first kappa shape index (κ1) is 10.7. The van der Waals surface area contributed by atoms with E-state index in [1.807, 2.05) is 11.6 Å². The van der Waals surface area contributed by atoms with Crippen LogP contribution in [0.4, 0.5) is 0 Å². The van der Waals surface area contributed by atoms with Crippen LogP contribution >= 0.6 is 0 Å². The maximum absolute atomic E-state index is 5.16. The Morgan fingerprint density at radius 3 is 3.07 bits per heavy atom. The lowest BCUT2D eigenvalue weighted by atomic mass is 10.2. The van der Waals surface area contributed by atoms with E-state index in [4.69, 9.17) is 6.42 Å². The van der Waals surface area contributed by atoms with Crippen LogP contribution in [0.25, 0.3) is 0 Å². The van der Waals surface area contributed by atoms with Crippen molar-refractivity contribution in [1.82, 2.24) is 20.1 Å². The molecule has 0 spiro atoms. The molecule has 1 aromatic rings. The highest BCUT2D eigenvalue weighted by atomic mass is 15.3. The molecule has 0 aromatic carbocycles. The lowest BCUT2D eigenvalue weighted by Crippen LogP contribution is -2.22. The van der Waals surface area contributed by atoms with E-state index in [-0.39, 0.29) is 6.04 Å². The second kappa shape index (κ2) is 5.40. The van der Waals surface area contributed by atoms with Crippen molar-refractivity contribution in [2.75, 3.05) is 6.54 Å². The Morgan fingerprint density at radius 2 is 2.50 bits per heavy atom. The molecule has 14 heavy (non-hydrogen) atoms. The van der Waals surface area contributed by atoms with E-state index >= 15 is 0 Å². The maximum atomic E-state index is 5.16. The Bertz CT molecular complexity index is 310. The minimum absolute atomic E-state index is 0.222. The lowest BCUT2D eigenvalue weighted by Gasteiger charge is -2.11. The maximum Gasteiger partial charge on any atom is 0.149 e. The van der Waals surface area contributed by atoms with Gasteiger partial charge in [0.1, 0.15) is 12.2 Å². The Kier molecular flexibility index (Phi) is 4.14. The number of aryl methyl sites for hydroxylation is 1. The SMILES string of the molecule is C#CCCCNC(C)c1nncn1C. The lowest BCUT2D eigenvalue weighted by molar-refractivity contribution is 0.522. The molecule has 0 aliphatic rings. The van der Waals surface area contributed by atoms with E-state index in [1.54, 1.807) is 6.33 Å². The van der Waals surface area contributed by atoms with Crippen LogP contribution in [-0.4, -0.2) is 21.3 Å². The van der Waals surface area contributed by atoms with Crippen LogP contribution in [0.15, 0.2) is 6.33 Å². The number of nitrogens with one attached hydrogen (secondary N) is 1. The molecule has 0 saturated heterocycles. The quantitative estimate of drug-likeness (QED) is 0.556. The fourth-order valence-electron chi connectivity index (χ4n) is 1.28. The van der Waals surface area contributed by atoms with Gasteiger partial charge in [0, 0.05) is 13.5 Å². The third kappa shape index (κ3) is 2.86. The Balaban J connectivity index is 2.33. The molecule has 1 rings (SSSR count). The smallest absolute Gasteiger partial charge is 0.149 e. The summed E-state index contributed by atoms with van der Waals surface area (Å²) in [6, 6.07) is 0.222. The predicted octanol–water partition coefficient (Wildman–Crippen LogP) is 0.879. The molecule has 0 bridgehead atoms. The Hall–Kier alpha value is -1.34. The van der Waals surface area contributed by atoms with Gasteiger partial charge in [-0.2, -0.15) is 0 Å². The van der Waals surface area contributed by atoms with Gasteiger partial charge in [-0.15, -0.1) is 22.5 Å². The molecule has 1 N–H and O–H groups in total. The molecular formula is C10H16N4. The van der Waals surface area contributed by atoms with E-state index in [2.05, 4.69) is 28.4 Å². The number of hydrogen-bond donors (Lipinski definition) is 1. The predicted molar refractivity (Wildman–Crippen MR) is 55.5 cm³/mol. The van der Waals surface area contributed by atoms with Crippen LogP contribution in [0.2, 0.25) is 0 Å². The first-order chi connectivity index (χ1) is 6.75. The molecule has 0 amide bonds. The van der Waals surface area contributed by atoms with Gasteiger partial charge in [0.25, 0.3) is 0 Å². The zero-order valence-corrected chi connectivity index (χ0v) is 8.70. The highest BCUT2D eigenvalue weighted by molar-refractivity contribution is 4.92. The van der Waals surface area contributed by atoms with Crippen molar-refractivity contribution < 1.29 is 0 Å². The summed E-state index contributed by atoms with van der Waals surface area (Å²) >= 11 is 0. The molecule has 1 aromatic heterocycles. The van der Waals surface area contributed by atoms with Crippen molar-refractivity contribution in [3.63, 3.8) is 0 Å². The minimum Gasteiger partial charge on any atom is -0.319 e. The van der Waals surface area contributed by atoms with Crippen LogP contribution in [0.3, 0.4) is 0 Å². The molecule has 1 heterocycles. The van der Waals surface area contributed by atoms with Crippen molar-refractivity contribution in [3.05, 3.63) is 12.2 Å². The van der Waals surface area contributed by atoms with Gasteiger partial charge in [-0.25, -0.2) is 0 Å². The zero-order chi connectivity index (χ0) is 10.4. The summed E-state index contributed by atoms with van der Waals surface area (Å²) in [6.45, 7) is 2.98.